The Balaban J connectivity index is 1.30. The second-order valence-corrected chi connectivity index (χ2v) is 8.77. The molecular formula is C24H24ClN7O2. The molecule has 174 valence electrons. The van der Waals surface area contributed by atoms with E-state index >= 15 is 0 Å². The van der Waals surface area contributed by atoms with Crippen LogP contribution in [0, 0.1) is 5.92 Å². The van der Waals surface area contributed by atoms with Crippen LogP contribution in [0.5, 0.6) is 0 Å². The van der Waals surface area contributed by atoms with Gasteiger partial charge in [0.2, 0.25) is 11.8 Å². The fourth-order valence-electron chi connectivity index (χ4n) is 4.52. The summed E-state index contributed by atoms with van der Waals surface area (Å²) >= 11 is 6.56. The summed E-state index contributed by atoms with van der Waals surface area (Å²) in [7, 11) is 0. The summed E-state index contributed by atoms with van der Waals surface area (Å²) < 4.78 is 1.57. The smallest absolute Gasteiger partial charge is 0.245 e. The minimum Gasteiger partial charge on any atom is -0.355 e. The predicted molar refractivity (Wildman–Crippen MR) is 129 cm³/mol. The molecule has 0 bridgehead atoms. The average molecular weight is 478 g/mol. The van der Waals surface area contributed by atoms with E-state index in [0.717, 1.165) is 46.2 Å². The number of nitrogens with zero attached hydrogens (tertiary/aromatic N) is 5. The second-order valence-electron chi connectivity index (χ2n) is 8.36. The van der Waals surface area contributed by atoms with Gasteiger partial charge in [-0.1, -0.05) is 18.2 Å². The van der Waals surface area contributed by atoms with E-state index < -0.39 is 0 Å². The molecule has 1 atom stereocenters. The van der Waals surface area contributed by atoms with Gasteiger partial charge in [0.05, 0.1) is 22.7 Å². The Morgan fingerprint density at radius 3 is 3.06 bits per heavy atom. The van der Waals surface area contributed by atoms with Gasteiger partial charge in [0.25, 0.3) is 0 Å². The van der Waals surface area contributed by atoms with Gasteiger partial charge < -0.3 is 15.2 Å². The molecule has 1 aliphatic rings. The van der Waals surface area contributed by atoms with E-state index in [-0.39, 0.29) is 17.7 Å². The molecule has 5 rings (SSSR count). The van der Waals surface area contributed by atoms with E-state index in [1.807, 2.05) is 18.2 Å². The molecule has 1 unspecified atom stereocenters. The molecule has 0 saturated carbocycles. The molecule has 0 aliphatic carbocycles. The van der Waals surface area contributed by atoms with Crippen molar-refractivity contribution in [2.75, 3.05) is 19.6 Å². The van der Waals surface area contributed by atoms with Crippen molar-refractivity contribution in [1.29, 1.82) is 0 Å². The summed E-state index contributed by atoms with van der Waals surface area (Å²) in [5.74, 6) is -0.352. The van der Waals surface area contributed by atoms with E-state index in [0.29, 0.717) is 31.1 Å². The normalized spacial score (nSPS) is 16.1. The Labute approximate surface area is 200 Å². The topological polar surface area (TPSA) is 108 Å². The highest BCUT2D eigenvalue weighted by atomic mass is 35.5. The van der Waals surface area contributed by atoms with Crippen LogP contribution in [-0.2, 0) is 16.0 Å². The number of hydrogen-bond acceptors (Lipinski definition) is 5. The summed E-state index contributed by atoms with van der Waals surface area (Å²) in [5, 5.41) is 13.0. The Bertz CT molecular complexity index is 1390. The lowest BCUT2D eigenvalue weighted by Crippen LogP contribution is -2.45. The fourth-order valence-corrected chi connectivity index (χ4v) is 4.78. The van der Waals surface area contributed by atoms with Crippen LogP contribution in [0.15, 0.2) is 49.4 Å². The molecule has 1 fully saturated rings. The van der Waals surface area contributed by atoms with Crippen LogP contribution in [0.3, 0.4) is 0 Å². The SMILES string of the molecule is C=CC(=O)N1CCCC(C(=O)NCCc2cc3c(-c4cnn5ncccc45)c(Cl)cnc3[nH]2)C1. The highest BCUT2D eigenvalue weighted by Crippen LogP contribution is 2.36. The van der Waals surface area contributed by atoms with E-state index in [1.54, 1.807) is 28.1 Å². The van der Waals surface area contributed by atoms with E-state index in [2.05, 4.69) is 32.1 Å². The number of H-pyrrole nitrogens is 1. The maximum Gasteiger partial charge on any atom is 0.245 e. The van der Waals surface area contributed by atoms with Crippen molar-refractivity contribution in [3.63, 3.8) is 0 Å². The molecule has 1 saturated heterocycles. The molecule has 0 spiro atoms. The first-order valence-electron chi connectivity index (χ1n) is 11.2. The second kappa shape index (κ2) is 9.26. The maximum atomic E-state index is 12.7. The molecule has 4 aromatic rings. The molecule has 5 heterocycles. The Morgan fingerprint density at radius 2 is 2.21 bits per heavy atom. The third kappa shape index (κ3) is 4.14. The summed E-state index contributed by atoms with van der Waals surface area (Å²) in [6.45, 7) is 5.11. The summed E-state index contributed by atoms with van der Waals surface area (Å²) in [5.41, 5.74) is 4.22. The number of rotatable bonds is 6. The highest BCUT2D eigenvalue weighted by molar-refractivity contribution is 6.35. The zero-order chi connectivity index (χ0) is 23.7. The average Bonchev–Trinajstić information content (AvgIpc) is 3.47. The van der Waals surface area contributed by atoms with Gasteiger partial charge in [0.15, 0.2) is 0 Å². The lowest BCUT2D eigenvalue weighted by atomic mass is 9.97. The molecular weight excluding hydrogens is 454 g/mol. The number of aromatic nitrogens is 5. The van der Waals surface area contributed by atoms with Gasteiger partial charge in [0.1, 0.15) is 5.65 Å². The minimum atomic E-state index is -0.198. The number of carbonyl (C=O) groups is 2. The quantitative estimate of drug-likeness (QED) is 0.415. The van der Waals surface area contributed by atoms with Crippen molar-refractivity contribution < 1.29 is 9.59 Å². The number of amides is 2. The third-order valence-corrected chi connectivity index (χ3v) is 6.50. The standard InChI is InChI=1S/C24H24ClN7O2/c1-2-21(33)31-10-4-5-15(14-31)24(34)26-9-7-16-11-17-22(19(25)13-27-23(17)30-16)18-12-29-32-20(18)6-3-8-28-32/h2-3,6,8,11-13,15H,1,4-5,7,9-10,14H2,(H,26,34)(H,27,30). The van der Waals surface area contributed by atoms with Crippen LogP contribution >= 0.6 is 11.6 Å². The minimum absolute atomic E-state index is 0.0293. The van der Waals surface area contributed by atoms with Crippen LogP contribution in [0.4, 0.5) is 0 Å². The summed E-state index contributed by atoms with van der Waals surface area (Å²) in [6, 6.07) is 5.81. The van der Waals surface area contributed by atoms with Crippen LogP contribution in [0.25, 0.3) is 27.7 Å². The number of aromatic amines is 1. The number of fused-ring (bicyclic) bond motifs is 2. The number of carbonyl (C=O) groups excluding carboxylic acids is 2. The number of pyridine rings is 1. The number of piperidine rings is 1. The molecule has 1 aliphatic heterocycles. The first-order valence-corrected chi connectivity index (χ1v) is 11.6. The van der Waals surface area contributed by atoms with Gasteiger partial charge in [-0.25, -0.2) is 4.98 Å². The first-order chi connectivity index (χ1) is 16.5. The van der Waals surface area contributed by atoms with Crippen molar-refractivity contribution in [3.05, 3.63) is 60.2 Å². The van der Waals surface area contributed by atoms with Crippen LogP contribution in [-0.4, -0.2) is 61.1 Å². The van der Waals surface area contributed by atoms with Crippen molar-refractivity contribution >= 4 is 40.0 Å². The molecule has 0 aromatic carbocycles. The van der Waals surface area contributed by atoms with E-state index in [4.69, 9.17) is 11.6 Å². The maximum absolute atomic E-state index is 12.7. The van der Waals surface area contributed by atoms with E-state index in [1.165, 1.54) is 6.08 Å². The zero-order valence-corrected chi connectivity index (χ0v) is 19.3. The monoisotopic (exact) mass is 477 g/mol. The van der Waals surface area contributed by atoms with Gasteiger partial charge in [0, 0.05) is 60.7 Å². The molecule has 4 aromatic heterocycles. The number of likely N-dealkylation sites (tertiary alicyclic amines) is 1. The molecule has 2 N–H and O–H groups in total. The number of hydrogen-bond donors (Lipinski definition) is 2. The van der Waals surface area contributed by atoms with Crippen LogP contribution in [0.1, 0.15) is 18.5 Å². The molecule has 10 heteroatoms. The molecule has 9 nitrogen and oxygen atoms in total. The zero-order valence-electron chi connectivity index (χ0n) is 18.5. The highest BCUT2D eigenvalue weighted by Gasteiger charge is 2.27. The number of halogens is 1. The van der Waals surface area contributed by atoms with Crippen LogP contribution in [0.2, 0.25) is 5.02 Å². The molecule has 2 amide bonds. The Kier molecular flexibility index (Phi) is 6.02. The van der Waals surface area contributed by atoms with Crippen molar-refractivity contribution in [3.8, 4) is 11.1 Å². The molecule has 34 heavy (non-hydrogen) atoms. The predicted octanol–water partition coefficient (Wildman–Crippen LogP) is 3.01. The van der Waals surface area contributed by atoms with Gasteiger partial charge in [-0.05, 0) is 37.1 Å². The summed E-state index contributed by atoms with van der Waals surface area (Å²) in [4.78, 5) is 34.0. The fraction of sp³-hybridized carbons (Fsp3) is 0.292. The van der Waals surface area contributed by atoms with Crippen molar-refractivity contribution in [1.82, 2.24) is 35.0 Å². The van der Waals surface area contributed by atoms with Gasteiger partial charge in [-0.3, -0.25) is 9.59 Å². The lowest BCUT2D eigenvalue weighted by molar-refractivity contribution is -0.132. The lowest BCUT2D eigenvalue weighted by Gasteiger charge is -2.31. The van der Waals surface area contributed by atoms with Crippen LogP contribution < -0.4 is 5.32 Å². The van der Waals surface area contributed by atoms with Gasteiger partial charge in [-0.2, -0.15) is 14.8 Å². The third-order valence-electron chi connectivity index (χ3n) is 6.21. The Hall–Kier alpha value is -3.72. The Morgan fingerprint density at radius 1 is 1.32 bits per heavy atom. The van der Waals surface area contributed by atoms with Gasteiger partial charge in [-0.15, -0.1) is 0 Å². The van der Waals surface area contributed by atoms with Crippen molar-refractivity contribution in [2.24, 2.45) is 5.92 Å². The van der Waals surface area contributed by atoms with Crippen molar-refractivity contribution in [2.45, 2.75) is 19.3 Å². The first kappa shape index (κ1) is 22.1. The summed E-state index contributed by atoms with van der Waals surface area (Å²) in [6.07, 6.45) is 8.55. The number of nitrogens with one attached hydrogen (secondary N) is 2. The molecule has 0 radical (unpaired) electrons. The van der Waals surface area contributed by atoms with E-state index in [9.17, 15) is 9.59 Å². The van der Waals surface area contributed by atoms with Gasteiger partial charge >= 0.3 is 0 Å². The largest absolute Gasteiger partial charge is 0.355 e.